The van der Waals surface area contributed by atoms with Crippen LogP contribution in [0.25, 0.3) is 12.2 Å². The lowest BCUT2D eigenvalue weighted by Gasteiger charge is -2.26. The van der Waals surface area contributed by atoms with Gasteiger partial charge in [0.25, 0.3) is 0 Å². The van der Waals surface area contributed by atoms with Crippen molar-refractivity contribution < 1.29 is 9.18 Å². The number of carbonyl (C=O) groups is 1. The van der Waals surface area contributed by atoms with Gasteiger partial charge in [-0.05, 0) is 50.8 Å². The highest BCUT2D eigenvalue weighted by atomic mass is 79.9. The van der Waals surface area contributed by atoms with Gasteiger partial charge in [-0.15, -0.1) is 0 Å². The summed E-state index contributed by atoms with van der Waals surface area (Å²) >= 11 is 3.21. The van der Waals surface area contributed by atoms with E-state index in [0.717, 1.165) is 22.4 Å². The van der Waals surface area contributed by atoms with E-state index in [-0.39, 0.29) is 11.7 Å². The number of carbonyl (C=O) groups excluding carboxylic acids is 1. The fourth-order valence-corrected chi connectivity index (χ4v) is 2.88. The molecule has 2 aromatic carbocycles. The second-order valence-corrected chi connectivity index (χ2v) is 5.82. The second kappa shape index (κ2) is 5.45. The molecule has 21 heavy (non-hydrogen) atoms. The van der Waals surface area contributed by atoms with Gasteiger partial charge in [-0.2, -0.15) is 0 Å². The summed E-state index contributed by atoms with van der Waals surface area (Å²) < 4.78 is 14.1. The minimum absolute atomic E-state index is 0.0378. The number of hydrogen-bond donors (Lipinski definition) is 0. The van der Waals surface area contributed by atoms with E-state index < -0.39 is 0 Å². The first kappa shape index (κ1) is 14.0. The van der Waals surface area contributed by atoms with Crippen molar-refractivity contribution in [3.8, 4) is 0 Å². The third kappa shape index (κ3) is 2.63. The summed E-state index contributed by atoms with van der Waals surface area (Å²) in [6, 6.07) is 10.9. The molecule has 0 atom stereocenters. The summed E-state index contributed by atoms with van der Waals surface area (Å²) in [6.45, 7) is 1.96. The van der Waals surface area contributed by atoms with Crippen LogP contribution in [0.1, 0.15) is 23.6 Å². The van der Waals surface area contributed by atoms with Gasteiger partial charge in [0.1, 0.15) is 5.82 Å². The van der Waals surface area contributed by atoms with E-state index in [4.69, 9.17) is 0 Å². The van der Waals surface area contributed by atoms with Gasteiger partial charge in [0, 0.05) is 6.92 Å². The number of nitrogens with zero attached hydrogens (tertiary/aromatic N) is 1. The van der Waals surface area contributed by atoms with Gasteiger partial charge in [0.2, 0.25) is 5.91 Å². The molecule has 0 aliphatic carbocycles. The number of fused-ring (bicyclic) bond motifs is 2. The smallest absolute Gasteiger partial charge is 0.224 e. The molecular formula is C17H13BrFNO. The molecule has 0 radical (unpaired) electrons. The van der Waals surface area contributed by atoms with Crippen LogP contribution in [-0.2, 0) is 11.3 Å². The Bertz CT molecular complexity index is 754. The molecular weight excluding hydrogens is 333 g/mol. The minimum atomic E-state index is -0.304. The molecule has 1 amide bonds. The van der Waals surface area contributed by atoms with Crippen LogP contribution in [0.15, 0.2) is 40.9 Å². The van der Waals surface area contributed by atoms with Crippen LogP contribution in [-0.4, -0.2) is 5.91 Å². The van der Waals surface area contributed by atoms with Crippen LogP contribution < -0.4 is 4.90 Å². The Morgan fingerprint density at radius 2 is 1.90 bits per heavy atom. The van der Waals surface area contributed by atoms with Crippen LogP contribution in [0, 0.1) is 5.82 Å². The Morgan fingerprint density at radius 3 is 2.67 bits per heavy atom. The van der Waals surface area contributed by atoms with Crippen LogP contribution in [0.2, 0.25) is 0 Å². The highest BCUT2D eigenvalue weighted by Crippen LogP contribution is 2.31. The quantitative estimate of drug-likeness (QED) is 0.681. The van der Waals surface area contributed by atoms with Crippen molar-refractivity contribution in [1.29, 1.82) is 0 Å². The first-order valence-corrected chi connectivity index (χ1v) is 7.38. The molecule has 0 N–H and O–H groups in total. The number of anilines is 1. The Labute approximate surface area is 131 Å². The van der Waals surface area contributed by atoms with E-state index in [1.807, 2.05) is 36.4 Å². The number of amides is 1. The maximum Gasteiger partial charge on any atom is 0.224 e. The zero-order chi connectivity index (χ0) is 15.0. The lowest BCUT2D eigenvalue weighted by atomic mass is 10.0. The van der Waals surface area contributed by atoms with Gasteiger partial charge >= 0.3 is 0 Å². The molecule has 1 heterocycles. The van der Waals surface area contributed by atoms with Crippen LogP contribution in [0.5, 0.6) is 0 Å². The van der Waals surface area contributed by atoms with Crippen LogP contribution in [0.4, 0.5) is 10.1 Å². The zero-order valence-electron chi connectivity index (χ0n) is 11.4. The number of rotatable bonds is 0. The predicted molar refractivity (Wildman–Crippen MR) is 86.3 cm³/mol. The van der Waals surface area contributed by atoms with Crippen LogP contribution in [0.3, 0.4) is 0 Å². The molecule has 0 fully saturated rings. The van der Waals surface area contributed by atoms with Crippen molar-refractivity contribution in [2.24, 2.45) is 0 Å². The van der Waals surface area contributed by atoms with Gasteiger partial charge in [0.05, 0.1) is 16.7 Å². The average molecular weight is 346 g/mol. The molecule has 1 aliphatic heterocycles. The maximum absolute atomic E-state index is 13.7. The fourth-order valence-electron chi connectivity index (χ4n) is 2.49. The second-order valence-electron chi connectivity index (χ2n) is 4.96. The Kier molecular flexibility index (Phi) is 3.64. The molecule has 0 saturated heterocycles. The van der Waals surface area contributed by atoms with Gasteiger partial charge in [0.15, 0.2) is 0 Å². The molecule has 2 aromatic rings. The molecule has 0 bridgehead atoms. The van der Waals surface area contributed by atoms with E-state index >= 15 is 0 Å². The molecule has 0 spiro atoms. The van der Waals surface area contributed by atoms with Crippen molar-refractivity contribution in [2.45, 2.75) is 13.5 Å². The largest absolute Gasteiger partial charge is 0.308 e. The maximum atomic E-state index is 13.7. The van der Waals surface area contributed by atoms with E-state index in [9.17, 15) is 9.18 Å². The Balaban J connectivity index is 2.21. The number of benzene rings is 2. The lowest BCUT2D eigenvalue weighted by Crippen LogP contribution is -2.29. The van der Waals surface area contributed by atoms with E-state index in [1.165, 1.54) is 6.07 Å². The van der Waals surface area contributed by atoms with Crippen molar-refractivity contribution >= 4 is 39.7 Å². The number of para-hydroxylation sites is 1. The van der Waals surface area contributed by atoms with Gasteiger partial charge in [-0.1, -0.05) is 30.4 Å². The van der Waals surface area contributed by atoms with E-state index in [0.29, 0.717) is 11.0 Å². The third-order valence-corrected chi connectivity index (χ3v) is 4.17. The van der Waals surface area contributed by atoms with Crippen molar-refractivity contribution in [3.63, 3.8) is 0 Å². The zero-order valence-corrected chi connectivity index (χ0v) is 13.0. The molecule has 0 unspecified atom stereocenters. The highest BCUT2D eigenvalue weighted by molar-refractivity contribution is 9.10. The Morgan fingerprint density at radius 1 is 1.19 bits per heavy atom. The summed E-state index contributed by atoms with van der Waals surface area (Å²) in [5.74, 6) is -0.342. The number of halogens is 2. The topological polar surface area (TPSA) is 20.3 Å². The SMILES string of the molecule is CC(=O)N1Cc2cc(Br)c(F)cc2C=Cc2ccccc21. The van der Waals surface area contributed by atoms with Gasteiger partial charge < -0.3 is 4.90 Å². The normalized spacial score (nSPS) is 13.2. The summed E-state index contributed by atoms with van der Waals surface area (Å²) in [7, 11) is 0. The molecule has 2 nitrogen and oxygen atoms in total. The molecule has 4 heteroatoms. The minimum Gasteiger partial charge on any atom is -0.308 e. The third-order valence-electron chi connectivity index (χ3n) is 3.56. The lowest BCUT2D eigenvalue weighted by molar-refractivity contribution is -0.116. The molecule has 1 aliphatic rings. The standard InChI is InChI=1S/C17H13BrFNO/c1-11(21)20-10-14-8-15(18)16(19)9-13(14)7-6-12-4-2-3-5-17(12)20/h2-9H,10H2,1H3. The highest BCUT2D eigenvalue weighted by Gasteiger charge is 2.19. The van der Waals surface area contributed by atoms with Crippen molar-refractivity contribution in [1.82, 2.24) is 0 Å². The summed E-state index contributed by atoms with van der Waals surface area (Å²) in [5, 5.41) is 0. The molecule has 0 saturated carbocycles. The average Bonchev–Trinajstić information content (AvgIpc) is 2.44. The molecule has 0 aromatic heterocycles. The Hall–Kier alpha value is -1.94. The molecule has 106 valence electrons. The summed E-state index contributed by atoms with van der Waals surface area (Å²) in [5.41, 5.74) is 3.51. The first-order valence-electron chi connectivity index (χ1n) is 6.59. The predicted octanol–water partition coefficient (Wildman–Crippen LogP) is 4.63. The van der Waals surface area contributed by atoms with Crippen LogP contribution >= 0.6 is 15.9 Å². The summed E-state index contributed by atoms with van der Waals surface area (Å²) in [4.78, 5) is 13.7. The van der Waals surface area contributed by atoms with E-state index in [2.05, 4.69) is 15.9 Å². The van der Waals surface area contributed by atoms with Gasteiger partial charge in [-0.3, -0.25) is 4.79 Å². The number of hydrogen-bond acceptors (Lipinski definition) is 1. The van der Waals surface area contributed by atoms with Crippen molar-refractivity contribution in [3.05, 3.63) is 63.4 Å². The van der Waals surface area contributed by atoms with E-state index in [1.54, 1.807) is 17.9 Å². The monoisotopic (exact) mass is 345 g/mol. The molecule has 3 rings (SSSR count). The van der Waals surface area contributed by atoms with Gasteiger partial charge in [-0.25, -0.2) is 4.39 Å². The first-order chi connectivity index (χ1) is 10.1. The fraction of sp³-hybridized carbons (Fsp3) is 0.118. The summed E-state index contributed by atoms with van der Waals surface area (Å²) in [6.07, 6.45) is 3.80. The van der Waals surface area contributed by atoms with Crippen molar-refractivity contribution in [2.75, 3.05) is 4.90 Å².